The number of carbonyl (C=O) groups excluding carboxylic acids is 2. The summed E-state index contributed by atoms with van der Waals surface area (Å²) >= 11 is 5.49. The molecule has 1 aliphatic heterocycles. The molecule has 0 aromatic carbocycles. The van der Waals surface area contributed by atoms with E-state index in [0.717, 1.165) is 0 Å². The van der Waals surface area contributed by atoms with Gasteiger partial charge in [0.15, 0.2) is 0 Å². The van der Waals surface area contributed by atoms with E-state index in [1.54, 1.807) is 41.5 Å². The summed E-state index contributed by atoms with van der Waals surface area (Å²) in [7, 11) is -6.52. The van der Waals surface area contributed by atoms with Crippen LogP contribution >= 0.6 is 11.6 Å². The molecule has 0 aliphatic carbocycles. The Morgan fingerprint density at radius 3 is 1.73 bits per heavy atom. The van der Waals surface area contributed by atoms with Crippen LogP contribution in [0.1, 0.15) is 82.1 Å². The number of alkyl carbamates (subject to hydrolysis) is 2. The monoisotopic (exact) mass is 648 g/mol. The molecule has 0 saturated carbocycles. The fraction of sp³-hybridized carbons (Fsp3) is 0.923. The van der Waals surface area contributed by atoms with E-state index in [2.05, 4.69) is 15.4 Å². The molecule has 1 rings (SSSR count). The Kier molecular flexibility index (Phi) is 16.5. The second kappa shape index (κ2) is 17.1. The van der Waals surface area contributed by atoms with Gasteiger partial charge in [-0.05, 0) is 66.2 Å². The van der Waals surface area contributed by atoms with Crippen molar-refractivity contribution in [1.82, 2.24) is 19.7 Å². The molecule has 0 radical (unpaired) electrons. The minimum atomic E-state index is -3.37. The molecule has 0 aromatic rings. The van der Waals surface area contributed by atoms with Gasteiger partial charge in [0.1, 0.15) is 11.2 Å². The highest BCUT2D eigenvalue weighted by atomic mass is 35.5. The van der Waals surface area contributed by atoms with Crippen LogP contribution in [0.4, 0.5) is 9.59 Å². The van der Waals surface area contributed by atoms with E-state index in [9.17, 15) is 26.4 Å². The van der Waals surface area contributed by atoms with Crippen molar-refractivity contribution in [2.24, 2.45) is 11.8 Å². The number of hydrogen-bond acceptors (Lipinski definition) is 8. The zero-order valence-corrected chi connectivity index (χ0v) is 28.8. The number of nitrogens with zero attached hydrogens (tertiary/aromatic N) is 1. The second-order valence-corrected chi connectivity index (χ2v) is 17.1. The van der Waals surface area contributed by atoms with Crippen LogP contribution in [0.15, 0.2) is 0 Å². The van der Waals surface area contributed by atoms with Crippen LogP contribution in [0.2, 0.25) is 0 Å². The Bertz CT molecular complexity index is 1020. The lowest BCUT2D eigenvalue weighted by atomic mass is 10.0. The molecular formula is C26H53ClN4O8S2. The Balaban J connectivity index is 0.000000781. The molecule has 0 spiro atoms. The molecule has 1 fully saturated rings. The summed E-state index contributed by atoms with van der Waals surface area (Å²) in [6.07, 6.45) is -0.0172. The van der Waals surface area contributed by atoms with Crippen molar-refractivity contribution in [2.45, 2.75) is 105 Å². The maximum Gasteiger partial charge on any atom is 0.407 e. The largest absolute Gasteiger partial charge is 0.444 e. The van der Waals surface area contributed by atoms with Crippen LogP contribution in [0.5, 0.6) is 0 Å². The predicted molar refractivity (Wildman–Crippen MR) is 163 cm³/mol. The first-order chi connectivity index (χ1) is 18.5. The summed E-state index contributed by atoms with van der Waals surface area (Å²) < 4.78 is 61.4. The number of sulfonamides is 2. The lowest BCUT2D eigenvalue weighted by Crippen LogP contribution is -2.48. The van der Waals surface area contributed by atoms with Gasteiger partial charge < -0.3 is 20.1 Å². The molecule has 3 N–H and O–H groups in total. The number of hydrogen-bond donors (Lipinski definition) is 3. The normalized spacial score (nSPS) is 17.4. The minimum Gasteiger partial charge on any atom is -0.444 e. The molecule has 2 atom stereocenters. The number of carbonyl (C=O) groups is 2. The highest BCUT2D eigenvalue weighted by molar-refractivity contribution is 7.89. The summed E-state index contributed by atoms with van der Waals surface area (Å²) in [5.74, 6) is 0.662. The predicted octanol–water partition coefficient (Wildman–Crippen LogP) is 3.66. The molecule has 1 aliphatic rings. The third kappa shape index (κ3) is 18.7. The van der Waals surface area contributed by atoms with Gasteiger partial charge in [0.25, 0.3) is 0 Å². The molecule has 244 valence electrons. The Labute approximate surface area is 253 Å². The second-order valence-electron chi connectivity index (χ2n) is 12.7. The van der Waals surface area contributed by atoms with Crippen molar-refractivity contribution in [3.63, 3.8) is 0 Å². The lowest BCUT2D eigenvalue weighted by Gasteiger charge is -2.28. The van der Waals surface area contributed by atoms with Crippen molar-refractivity contribution in [3.05, 3.63) is 0 Å². The fourth-order valence-electron chi connectivity index (χ4n) is 3.44. The minimum absolute atomic E-state index is 0.0201. The lowest BCUT2D eigenvalue weighted by molar-refractivity contribution is 0.0476. The quantitative estimate of drug-likeness (QED) is 0.270. The summed E-state index contributed by atoms with van der Waals surface area (Å²) in [4.78, 5) is 23.5. The van der Waals surface area contributed by atoms with Crippen LogP contribution in [0, 0.1) is 11.8 Å². The number of amides is 2. The van der Waals surface area contributed by atoms with Crippen molar-refractivity contribution in [1.29, 1.82) is 0 Å². The molecule has 41 heavy (non-hydrogen) atoms. The van der Waals surface area contributed by atoms with Crippen LogP contribution in [0.25, 0.3) is 0 Å². The molecule has 12 nitrogen and oxygen atoms in total. The van der Waals surface area contributed by atoms with Gasteiger partial charge in [-0.2, -0.15) is 4.31 Å². The first kappa shape index (κ1) is 39.6. The number of ether oxygens (including phenoxy) is 2. The van der Waals surface area contributed by atoms with E-state index in [-0.39, 0.29) is 42.0 Å². The van der Waals surface area contributed by atoms with E-state index >= 15 is 0 Å². The van der Waals surface area contributed by atoms with Crippen molar-refractivity contribution < 1.29 is 35.9 Å². The Morgan fingerprint density at radius 1 is 0.902 bits per heavy atom. The number of rotatable bonds is 12. The van der Waals surface area contributed by atoms with Gasteiger partial charge in [0.05, 0.1) is 11.5 Å². The summed E-state index contributed by atoms with van der Waals surface area (Å²) in [6.45, 7) is 19.3. The highest BCUT2D eigenvalue weighted by Gasteiger charge is 2.32. The zero-order valence-electron chi connectivity index (χ0n) is 26.4. The van der Waals surface area contributed by atoms with Crippen LogP contribution in [-0.2, 0) is 29.5 Å². The van der Waals surface area contributed by atoms with Gasteiger partial charge in [0, 0.05) is 37.6 Å². The Morgan fingerprint density at radius 2 is 1.37 bits per heavy atom. The summed E-state index contributed by atoms with van der Waals surface area (Å²) in [5, 5.41) is 5.46. The summed E-state index contributed by atoms with van der Waals surface area (Å²) in [5.41, 5.74) is -1.16. The van der Waals surface area contributed by atoms with Gasteiger partial charge in [-0.1, -0.05) is 27.7 Å². The van der Waals surface area contributed by atoms with Gasteiger partial charge >= 0.3 is 12.2 Å². The van der Waals surface area contributed by atoms with Crippen LogP contribution in [0.3, 0.4) is 0 Å². The highest BCUT2D eigenvalue weighted by Crippen LogP contribution is 2.17. The van der Waals surface area contributed by atoms with Gasteiger partial charge in [-0.3, -0.25) is 0 Å². The smallest absolute Gasteiger partial charge is 0.407 e. The number of nitrogens with one attached hydrogen (secondary N) is 3. The van der Waals surface area contributed by atoms with Gasteiger partial charge in [-0.15, -0.1) is 11.6 Å². The Hall–Kier alpha value is -1.35. The molecular weight excluding hydrogens is 596 g/mol. The topological polar surface area (TPSA) is 160 Å². The van der Waals surface area contributed by atoms with Crippen molar-refractivity contribution in [3.8, 4) is 0 Å². The molecule has 0 bridgehead atoms. The van der Waals surface area contributed by atoms with Crippen LogP contribution < -0.4 is 15.4 Å². The number of alkyl halides is 1. The first-order valence-electron chi connectivity index (χ1n) is 14.0. The molecule has 2 amide bonds. The maximum absolute atomic E-state index is 11.8. The molecule has 0 aromatic heterocycles. The van der Waals surface area contributed by atoms with Crippen LogP contribution in [-0.4, -0.2) is 93.6 Å². The fourth-order valence-corrected chi connectivity index (χ4v) is 6.39. The number of halogens is 1. The zero-order chi connectivity index (χ0) is 32.2. The molecule has 15 heteroatoms. The van der Waals surface area contributed by atoms with E-state index in [1.807, 2.05) is 27.7 Å². The third-order valence-corrected chi connectivity index (χ3v) is 9.31. The molecule has 1 heterocycles. The van der Waals surface area contributed by atoms with Gasteiger partial charge in [0.2, 0.25) is 20.0 Å². The van der Waals surface area contributed by atoms with Gasteiger partial charge in [-0.25, -0.2) is 31.1 Å². The molecule has 0 unspecified atom stereocenters. The van der Waals surface area contributed by atoms with E-state index in [4.69, 9.17) is 21.1 Å². The van der Waals surface area contributed by atoms with E-state index in [1.165, 1.54) is 4.31 Å². The van der Waals surface area contributed by atoms with Crippen molar-refractivity contribution in [2.75, 3.05) is 37.0 Å². The maximum atomic E-state index is 11.8. The standard InChI is InChI=1S/C13H27ClN2O4S.C13H26N2O4S/c1-10(2)11(16-12(17)20-13(3,4)5)9-15-21(18,19)8-6-7-14;1-10(2)11(14-12(16)19-13(3,4)5)9-15-7-6-8-20(15,17)18/h10-11,15H,6-9H2,1-5H3,(H,16,17);10-11H,6-9H2,1-5H3,(H,14,16)/t2*11-/m11/s1. The average molecular weight is 649 g/mol. The first-order valence-corrected chi connectivity index (χ1v) is 17.8. The van der Waals surface area contributed by atoms with Crippen molar-refractivity contribution >= 4 is 43.8 Å². The van der Waals surface area contributed by atoms with E-state index in [0.29, 0.717) is 31.8 Å². The summed E-state index contributed by atoms with van der Waals surface area (Å²) in [6, 6.07) is -0.594. The third-order valence-electron chi connectivity index (χ3n) is 5.69. The average Bonchev–Trinajstić information content (AvgIpc) is 3.10. The van der Waals surface area contributed by atoms with E-state index < -0.39 is 43.4 Å². The molecule has 1 saturated heterocycles. The SMILES string of the molecule is CC(C)[C@@H](CN1CCCS1(=O)=O)NC(=O)OC(C)(C)C.CC(C)[C@@H](CNS(=O)(=O)CCCCl)NC(=O)OC(C)(C)C.